The lowest BCUT2D eigenvalue weighted by molar-refractivity contribution is -0.134. The molecule has 0 unspecified atom stereocenters. The first-order valence-corrected chi connectivity index (χ1v) is 7.30. The minimum atomic E-state index is -3.72. The minimum absolute atomic E-state index is 0.256. The lowest BCUT2D eigenvalue weighted by Crippen LogP contribution is -2.50. The monoisotopic (exact) mass is 286 g/mol. The molecule has 0 bridgehead atoms. The lowest BCUT2D eigenvalue weighted by atomic mass is 10.3. The summed E-state index contributed by atoms with van der Waals surface area (Å²) in [6.45, 7) is 1.45. The van der Waals surface area contributed by atoms with Gasteiger partial charge in [-0.15, -0.1) is 0 Å². The largest absolute Gasteiger partial charge is 0.480 e. The molecule has 0 saturated carbocycles. The maximum Gasteiger partial charge on any atom is 0.320 e. The predicted molar refractivity (Wildman–Crippen MR) is 67.2 cm³/mol. The number of aliphatic carboxylic acids is 1. The number of hydrogen-bond acceptors (Lipinski definition) is 6. The van der Waals surface area contributed by atoms with Crippen LogP contribution in [-0.4, -0.2) is 65.7 Å². The van der Waals surface area contributed by atoms with Gasteiger partial charge in [-0.05, 0) is 0 Å². The second-order valence-electron chi connectivity index (χ2n) is 4.10. The highest BCUT2D eigenvalue weighted by molar-refractivity contribution is 7.89. The molecular formula is C10H14N4O4S. The smallest absolute Gasteiger partial charge is 0.320 e. The van der Waals surface area contributed by atoms with E-state index in [1.54, 1.807) is 18.6 Å². The molecule has 0 spiro atoms. The molecule has 1 aliphatic rings. The van der Waals surface area contributed by atoms with Crippen molar-refractivity contribution in [1.82, 2.24) is 14.3 Å². The zero-order valence-electron chi connectivity index (χ0n) is 10.1. The Balaban J connectivity index is 1.98. The zero-order chi connectivity index (χ0) is 13.9. The average Bonchev–Trinajstić information content (AvgIpc) is 2.38. The molecule has 19 heavy (non-hydrogen) atoms. The van der Waals surface area contributed by atoms with Crippen LogP contribution in [0.3, 0.4) is 0 Å². The third kappa shape index (κ3) is 3.38. The second kappa shape index (κ2) is 5.49. The van der Waals surface area contributed by atoms with Crippen LogP contribution in [0, 0.1) is 0 Å². The standard InChI is InChI=1S/C10H14N4O4S/c15-10(16)8-19(17,18)14-5-3-13(4-6-14)9-7-11-1-2-12-9/h1-2,7H,3-6,8H2,(H,15,16). The van der Waals surface area contributed by atoms with Crippen molar-refractivity contribution in [2.24, 2.45) is 0 Å². The van der Waals surface area contributed by atoms with Crippen molar-refractivity contribution < 1.29 is 18.3 Å². The molecule has 1 saturated heterocycles. The zero-order valence-corrected chi connectivity index (χ0v) is 11.0. The Bertz CT molecular complexity index is 540. The molecule has 1 N–H and O–H groups in total. The molecule has 1 aromatic rings. The number of sulfonamides is 1. The van der Waals surface area contributed by atoms with Crippen molar-refractivity contribution in [2.75, 3.05) is 36.8 Å². The number of rotatable bonds is 4. The third-order valence-corrected chi connectivity index (χ3v) is 4.58. The molecule has 0 amide bonds. The molecule has 0 atom stereocenters. The molecule has 0 aliphatic carbocycles. The fourth-order valence-corrected chi connectivity index (χ4v) is 3.11. The molecule has 9 heteroatoms. The Labute approximate surface area is 110 Å². The van der Waals surface area contributed by atoms with Crippen molar-refractivity contribution in [1.29, 1.82) is 0 Å². The van der Waals surface area contributed by atoms with Crippen LogP contribution in [0.2, 0.25) is 0 Å². The van der Waals surface area contributed by atoms with Gasteiger partial charge < -0.3 is 10.0 Å². The molecule has 2 rings (SSSR count). The Morgan fingerprint density at radius 2 is 1.95 bits per heavy atom. The van der Waals surface area contributed by atoms with Crippen LogP contribution in [0.5, 0.6) is 0 Å². The van der Waals surface area contributed by atoms with Crippen LogP contribution in [0.1, 0.15) is 0 Å². The van der Waals surface area contributed by atoms with Crippen LogP contribution >= 0.6 is 0 Å². The number of carbonyl (C=O) groups is 1. The molecule has 1 fully saturated rings. The van der Waals surface area contributed by atoms with Crippen molar-refractivity contribution in [3.05, 3.63) is 18.6 Å². The van der Waals surface area contributed by atoms with Crippen molar-refractivity contribution in [3.8, 4) is 0 Å². The lowest BCUT2D eigenvalue weighted by Gasteiger charge is -2.34. The van der Waals surface area contributed by atoms with Gasteiger partial charge in [0.05, 0.1) is 6.20 Å². The predicted octanol–water partition coefficient (Wildman–Crippen LogP) is -0.987. The SMILES string of the molecule is O=C(O)CS(=O)(=O)N1CCN(c2cnccn2)CC1. The Morgan fingerprint density at radius 3 is 2.47 bits per heavy atom. The summed E-state index contributed by atoms with van der Waals surface area (Å²) in [5.74, 6) is -1.51. The van der Waals surface area contributed by atoms with Crippen LogP contribution in [-0.2, 0) is 14.8 Å². The summed E-state index contributed by atoms with van der Waals surface area (Å²) in [4.78, 5) is 20.5. The maximum absolute atomic E-state index is 11.7. The first-order chi connectivity index (χ1) is 8.99. The van der Waals surface area contributed by atoms with Gasteiger partial charge in [-0.2, -0.15) is 4.31 Å². The first kappa shape index (κ1) is 13.7. The fourth-order valence-electron chi connectivity index (χ4n) is 1.90. The van der Waals surface area contributed by atoms with Gasteiger partial charge in [-0.3, -0.25) is 9.78 Å². The second-order valence-corrected chi connectivity index (χ2v) is 6.07. The number of anilines is 1. The van der Waals surface area contributed by atoms with E-state index < -0.39 is 21.7 Å². The van der Waals surface area contributed by atoms with Gasteiger partial charge in [-0.25, -0.2) is 13.4 Å². The fraction of sp³-hybridized carbons (Fsp3) is 0.500. The van der Waals surface area contributed by atoms with Crippen LogP contribution < -0.4 is 4.90 Å². The van der Waals surface area contributed by atoms with Crippen LogP contribution in [0.4, 0.5) is 5.82 Å². The summed E-state index contributed by atoms with van der Waals surface area (Å²) >= 11 is 0. The highest BCUT2D eigenvalue weighted by Gasteiger charge is 2.29. The third-order valence-electron chi connectivity index (χ3n) is 2.81. The summed E-state index contributed by atoms with van der Waals surface area (Å²) in [7, 11) is -3.72. The van der Waals surface area contributed by atoms with Gasteiger partial charge in [0, 0.05) is 38.6 Å². The van der Waals surface area contributed by atoms with Gasteiger partial charge in [0.2, 0.25) is 10.0 Å². The quantitative estimate of drug-likeness (QED) is 0.758. The average molecular weight is 286 g/mol. The van der Waals surface area contributed by atoms with Crippen molar-refractivity contribution in [2.45, 2.75) is 0 Å². The summed E-state index contributed by atoms with van der Waals surface area (Å²) < 4.78 is 24.7. The van der Waals surface area contributed by atoms with E-state index in [0.717, 1.165) is 0 Å². The molecule has 1 aliphatic heterocycles. The number of nitrogens with zero attached hydrogens (tertiary/aromatic N) is 4. The van der Waals surface area contributed by atoms with Crippen LogP contribution in [0.25, 0.3) is 0 Å². The summed E-state index contributed by atoms with van der Waals surface area (Å²) in [6.07, 6.45) is 4.75. The molecule has 104 valence electrons. The number of aromatic nitrogens is 2. The van der Waals surface area contributed by atoms with E-state index in [1.165, 1.54) is 4.31 Å². The molecular weight excluding hydrogens is 272 g/mol. The minimum Gasteiger partial charge on any atom is -0.480 e. The number of hydrogen-bond donors (Lipinski definition) is 1. The van der Waals surface area contributed by atoms with E-state index in [1.807, 2.05) is 4.90 Å². The van der Waals surface area contributed by atoms with E-state index in [2.05, 4.69) is 9.97 Å². The number of piperazine rings is 1. The van der Waals surface area contributed by atoms with Crippen molar-refractivity contribution >= 4 is 21.8 Å². The topological polar surface area (TPSA) is 104 Å². The van der Waals surface area contributed by atoms with E-state index >= 15 is 0 Å². The highest BCUT2D eigenvalue weighted by atomic mass is 32.2. The van der Waals surface area contributed by atoms with E-state index in [-0.39, 0.29) is 13.1 Å². The molecule has 8 nitrogen and oxygen atoms in total. The molecule has 2 heterocycles. The van der Waals surface area contributed by atoms with Gasteiger partial charge in [0.15, 0.2) is 5.75 Å². The Kier molecular flexibility index (Phi) is 3.96. The molecule has 1 aromatic heterocycles. The summed E-state index contributed by atoms with van der Waals surface area (Å²) in [6, 6.07) is 0. The normalized spacial score (nSPS) is 17.4. The Morgan fingerprint density at radius 1 is 1.26 bits per heavy atom. The summed E-state index contributed by atoms with van der Waals surface area (Å²) in [5.41, 5.74) is 0. The highest BCUT2D eigenvalue weighted by Crippen LogP contribution is 2.13. The number of carboxylic acid groups (broad SMARTS) is 1. The van der Waals surface area contributed by atoms with E-state index in [9.17, 15) is 13.2 Å². The van der Waals surface area contributed by atoms with E-state index in [0.29, 0.717) is 18.9 Å². The van der Waals surface area contributed by atoms with Gasteiger partial charge in [0.1, 0.15) is 5.82 Å². The number of carboxylic acids is 1. The van der Waals surface area contributed by atoms with Gasteiger partial charge in [0.25, 0.3) is 0 Å². The Hall–Kier alpha value is -1.74. The van der Waals surface area contributed by atoms with E-state index in [4.69, 9.17) is 5.11 Å². The first-order valence-electron chi connectivity index (χ1n) is 5.69. The van der Waals surface area contributed by atoms with Crippen LogP contribution in [0.15, 0.2) is 18.6 Å². The van der Waals surface area contributed by atoms with Gasteiger partial charge >= 0.3 is 5.97 Å². The maximum atomic E-state index is 11.7. The van der Waals surface area contributed by atoms with Crippen molar-refractivity contribution in [3.63, 3.8) is 0 Å². The summed E-state index contributed by atoms with van der Waals surface area (Å²) in [5, 5.41) is 8.58. The molecule has 0 radical (unpaired) electrons. The molecule has 0 aromatic carbocycles. The van der Waals surface area contributed by atoms with Gasteiger partial charge in [-0.1, -0.05) is 0 Å².